The Balaban J connectivity index is 0.000000196. The van der Waals surface area contributed by atoms with Crippen molar-refractivity contribution in [1.29, 1.82) is 0 Å². The van der Waals surface area contributed by atoms with Crippen molar-refractivity contribution < 1.29 is 0 Å². The molecule has 0 bridgehead atoms. The number of aryl methyl sites for hydroxylation is 8. The molecule has 0 radical (unpaired) electrons. The smallest absolute Gasteiger partial charge is 0.0499 e. The Bertz CT molecular complexity index is 4900. The lowest BCUT2D eigenvalue weighted by Crippen LogP contribution is -1.99. The summed E-state index contributed by atoms with van der Waals surface area (Å²) in [6.07, 6.45) is 54.6. The zero-order valence-electron chi connectivity index (χ0n) is 70.4. The third-order valence-electron chi connectivity index (χ3n) is 24.7. The molecule has 0 spiro atoms. The number of fused-ring (bicyclic) bond motifs is 12. The lowest BCUT2D eigenvalue weighted by Gasteiger charge is -2.10. The van der Waals surface area contributed by atoms with Crippen molar-refractivity contribution in [3.05, 3.63) is 165 Å². The average Bonchev–Trinajstić information content (AvgIpc) is 1.57. The molecule has 0 amide bonds. The van der Waals surface area contributed by atoms with Crippen LogP contribution in [0.4, 0.5) is 0 Å². The first kappa shape index (κ1) is 83.3. The molecule has 0 saturated heterocycles. The van der Waals surface area contributed by atoms with E-state index in [0.717, 1.165) is 26.2 Å². The molecule has 8 heteroatoms. The highest BCUT2D eigenvalue weighted by molar-refractivity contribution is 7.16. The Morgan fingerprint density at radius 1 is 0.179 bits per heavy atom. The fraction of sp³-hybridized carbons (Fsp3) is 0.500. The Morgan fingerprint density at radius 2 is 0.375 bits per heavy atom. The SMILES string of the molecule is CCCCCCCCCCCCn1c2cc(-c3ccc(C)s3)ccc2c2cc3c(cc21)c1ccc(-c2ccc(C)s2)cc1n3CCCCCCCCCCCC.CCCCCCCCCCCCn1c2ccc(-c3ccc(C)s3)cc2c2cc3c(cc21)c1cc(-c2ccc(C)s2)ccc1n3CCCCCCCCCCCC. The fourth-order valence-corrected chi connectivity index (χ4v) is 21.8. The Morgan fingerprint density at radius 3 is 0.616 bits per heavy atom. The van der Waals surface area contributed by atoms with Crippen LogP contribution in [0.15, 0.2) is 146 Å². The van der Waals surface area contributed by atoms with Crippen LogP contribution in [0.25, 0.3) is 129 Å². The van der Waals surface area contributed by atoms with Gasteiger partial charge in [0.15, 0.2) is 0 Å². The van der Waals surface area contributed by atoms with E-state index in [1.54, 1.807) is 0 Å². The lowest BCUT2D eigenvalue weighted by atomic mass is 10.1. The van der Waals surface area contributed by atoms with E-state index in [4.69, 9.17) is 0 Å². The lowest BCUT2D eigenvalue weighted by molar-refractivity contribution is 0.541. The molecule has 0 aliphatic rings. The molecule has 0 aliphatic heterocycles. The van der Waals surface area contributed by atoms with Crippen LogP contribution in [0.1, 0.15) is 304 Å². The number of hydrogen-bond acceptors (Lipinski definition) is 4. The molecule has 4 nitrogen and oxygen atoms in total. The predicted molar refractivity (Wildman–Crippen MR) is 504 cm³/mol. The maximum absolute atomic E-state index is 2.69. The predicted octanol–water partition coefficient (Wildman–Crippen LogP) is 35.6. The van der Waals surface area contributed by atoms with E-state index in [1.807, 2.05) is 45.3 Å². The first-order chi connectivity index (χ1) is 55.1. The molecule has 0 unspecified atom stereocenters. The topological polar surface area (TPSA) is 19.7 Å². The summed E-state index contributed by atoms with van der Waals surface area (Å²) in [5.74, 6) is 0. The highest BCUT2D eigenvalue weighted by Crippen LogP contribution is 2.45. The minimum Gasteiger partial charge on any atom is -0.340 e. The van der Waals surface area contributed by atoms with Crippen molar-refractivity contribution in [2.75, 3.05) is 0 Å². The van der Waals surface area contributed by atoms with Gasteiger partial charge < -0.3 is 18.3 Å². The number of hydrogen-bond donors (Lipinski definition) is 0. The quantitative estimate of drug-likeness (QED) is 0.0339. The molecule has 14 rings (SSSR count). The van der Waals surface area contributed by atoms with Crippen molar-refractivity contribution in [3.63, 3.8) is 0 Å². The summed E-state index contributed by atoms with van der Waals surface area (Å²) < 4.78 is 10.7. The summed E-state index contributed by atoms with van der Waals surface area (Å²) >= 11 is 7.64. The van der Waals surface area contributed by atoms with Crippen LogP contribution in [0.2, 0.25) is 0 Å². The van der Waals surface area contributed by atoms with Crippen molar-refractivity contribution in [2.45, 2.75) is 338 Å². The van der Waals surface area contributed by atoms with E-state index >= 15 is 0 Å². The molecule has 596 valence electrons. The summed E-state index contributed by atoms with van der Waals surface area (Å²) in [4.78, 5) is 11.0. The van der Waals surface area contributed by atoms with Gasteiger partial charge in [-0.1, -0.05) is 295 Å². The van der Waals surface area contributed by atoms with E-state index in [0.29, 0.717) is 0 Å². The zero-order chi connectivity index (χ0) is 77.4. The first-order valence-electron chi connectivity index (χ1n) is 45.4. The number of aromatic nitrogens is 4. The largest absolute Gasteiger partial charge is 0.340 e. The first-order valence-corrected chi connectivity index (χ1v) is 48.7. The van der Waals surface area contributed by atoms with Crippen LogP contribution in [0.5, 0.6) is 0 Å². The third-order valence-corrected chi connectivity index (χ3v) is 28.9. The van der Waals surface area contributed by atoms with Gasteiger partial charge >= 0.3 is 0 Å². The zero-order valence-corrected chi connectivity index (χ0v) is 73.7. The number of nitrogens with zero attached hydrogens (tertiary/aromatic N) is 4. The molecule has 8 heterocycles. The third kappa shape index (κ3) is 21.3. The Hall–Kier alpha value is -6.68. The fourth-order valence-electron chi connectivity index (χ4n) is 18.3. The normalized spacial score (nSPS) is 12.1. The van der Waals surface area contributed by atoms with Crippen LogP contribution in [0, 0.1) is 27.7 Å². The van der Waals surface area contributed by atoms with Crippen LogP contribution >= 0.6 is 45.3 Å². The maximum atomic E-state index is 2.69. The van der Waals surface area contributed by atoms with Gasteiger partial charge in [-0.15, -0.1) is 45.3 Å². The van der Waals surface area contributed by atoms with E-state index in [9.17, 15) is 0 Å². The molecule has 6 aromatic carbocycles. The van der Waals surface area contributed by atoms with Crippen LogP contribution in [0.3, 0.4) is 0 Å². The number of rotatable bonds is 48. The van der Waals surface area contributed by atoms with Crippen molar-refractivity contribution in [1.82, 2.24) is 18.3 Å². The Kier molecular flexibility index (Phi) is 31.8. The van der Waals surface area contributed by atoms with Crippen molar-refractivity contribution in [2.24, 2.45) is 0 Å². The van der Waals surface area contributed by atoms with Gasteiger partial charge in [0.1, 0.15) is 0 Å². The van der Waals surface area contributed by atoms with E-state index < -0.39 is 0 Å². The Labute approximate surface area is 690 Å². The highest BCUT2D eigenvalue weighted by atomic mass is 32.1. The second-order valence-corrected chi connectivity index (χ2v) is 38.8. The van der Waals surface area contributed by atoms with Gasteiger partial charge in [-0.25, -0.2) is 0 Å². The van der Waals surface area contributed by atoms with Gasteiger partial charge in [0.25, 0.3) is 0 Å². The van der Waals surface area contributed by atoms with Gasteiger partial charge in [0.05, 0.1) is 0 Å². The molecule has 0 aliphatic carbocycles. The van der Waals surface area contributed by atoms with Gasteiger partial charge in [-0.3, -0.25) is 0 Å². The maximum Gasteiger partial charge on any atom is 0.0499 e. The summed E-state index contributed by atoms with van der Waals surface area (Å²) in [7, 11) is 0. The van der Waals surface area contributed by atoms with Crippen LogP contribution in [-0.4, -0.2) is 18.3 Å². The minimum absolute atomic E-state index is 1.08. The van der Waals surface area contributed by atoms with E-state index in [-0.39, 0.29) is 0 Å². The molecule has 0 fully saturated rings. The van der Waals surface area contributed by atoms with Crippen molar-refractivity contribution in [3.8, 4) is 41.8 Å². The number of thiophene rings is 4. The van der Waals surface area contributed by atoms with E-state index in [1.165, 1.54) is 405 Å². The second-order valence-electron chi connectivity index (χ2n) is 33.7. The van der Waals surface area contributed by atoms with Gasteiger partial charge in [0, 0.05) is 152 Å². The monoisotopic (exact) mass is 1570 g/mol. The van der Waals surface area contributed by atoms with E-state index in [2.05, 4.69) is 219 Å². The minimum atomic E-state index is 1.08. The summed E-state index contributed by atoms with van der Waals surface area (Å²) in [5, 5.41) is 11.3. The van der Waals surface area contributed by atoms with Gasteiger partial charge in [-0.05, 0) is 185 Å². The summed E-state index contributed by atoms with van der Waals surface area (Å²) in [6.45, 7) is 22.4. The standard InChI is InChI=1S/2C52H68N2S2/c1-5-7-9-11-13-15-17-19-21-23-33-53-47-29-27-41(51-31-25-39(3)55-51)35-43(47)45-38-50-46(37-49(45)53)44-36-42(52-32-26-40(4)56-52)28-30-48(44)54(50)34-24-22-20-18-16-14-12-10-8-6-2;1-5-7-9-11-13-15-17-19-21-23-33-53-47-35-41(51-31-25-39(3)55-51)27-29-43(47)45-38-50-46(37-49(45)53)44-30-28-42(52-32-26-40(4)56-52)36-48(44)54(50)34-24-22-20-18-16-14-12-10-8-6-2/h2*25-32,35-38H,5-24,33-34H2,1-4H3. The van der Waals surface area contributed by atoms with Gasteiger partial charge in [0.2, 0.25) is 0 Å². The molecule has 0 saturated carbocycles. The summed E-state index contributed by atoms with van der Waals surface area (Å²) in [5.41, 5.74) is 16.6. The van der Waals surface area contributed by atoms with Gasteiger partial charge in [-0.2, -0.15) is 0 Å². The van der Waals surface area contributed by atoms with Crippen LogP contribution < -0.4 is 0 Å². The molecule has 0 atom stereocenters. The number of unbranched alkanes of at least 4 members (excludes halogenated alkanes) is 36. The molecule has 8 aromatic heterocycles. The number of benzene rings is 6. The molecular weight excluding hydrogens is 1430 g/mol. The van der Waals surface area contributed by atoms with Crippen molar-refractivity contribution >= 4 is 133 Å². The molecule has 0 N–H and O–H groups in total. The highest BCUT2D eigenvalue weighted by Gasteiger charge is 2.22. The van der Waals surface area contributed by atoms with Crippen LogP contribution in [-0.2, 0) is 26.2 Å². The summed E-state index contributed by atoms with van der Waals surface area (Å²) in [6, 6.07) is 57.7. The molecule has 112 heavy (non-hydrogen) atoms. The second kappa shape index (κ2) is 42.8. The molecule has 14 aromatic rings. The average molecular weight is 1570 g/mol. The molecular formula is C104H136N4S4.